The Morgan fingerprint density at radius 2 is 1.94 bits per heavy atom. The molecule has 0 bridgehead atoms. The minimum Gasteiger partial charge on any atom is -0.481 e. The van der Waals surface area contributed by atoms with Gasteiger partial charge in [-0.05, 0) is 20.3 Å². The van der Waals surface area contributed by atoms with E-state index in [4.69, 9.17) is 9.84 Å². The molecule has 0 aromatic heterocycles. The molecule has 0 aliphatic heterocycles. The van der Waals surface area contributed by atoms with E-state index in [1.54, 1.807) is 0 Å². The predicted octanol–water partition coefficient (Wildman–Crippen LogP) is 2.88. The maximum Gasteiger partial charge on any atom is 0.303 e. The number of hydrogen-bond acceptors (Lipinski definition) is 2. The number of hydrogen-bond donors (Lipinski definition) is 1. The van der Waals surface area contributed by atoms with Crippen molar-refractivity contribution in [1.29, 1.82) is 0 Å². The maximum atomic E-state index is 9.91. The topological polar surface area (TPSA) is 46.5 Å². The molecule has 16 heavy (non-hydrogen) atoms. The van der Waals surface area contributed by atoms with E-state index >= 15 is 0 Å². The molecule has 0 aliphatic carbocycles. The first-order chi connectivity index (χ1) is 7.66. The summed E-state index contributed by atoms with van der Waals surface area (Å²) in [6.07, 6.45) is 0.823. The summed E-state index contributed by atoms with van der Waals surface area (Å²) in [6, 6.07) is 10.3. The van der Waals surface area contributed by atoms with Crippen LogP contribution in [-0.4, -0.2) is 24.3 Å². The fourth-order valence-electron chi connectivity index (χ4n) is 1.00. The summed E-state index contributed by atoms with van der Waals surface area (Å²) in [5.41, 5.74) is 1.32. The predicted molar refractivity (Wildman–Crippen MR) is 64.5 cm³/mol. The van der Waals surface area contributed by atoms with Crippen molar-refractivity contribution < 1.29 is 14.6 Å². The summed E-state index contributed by atoms with van der Waals surface area (Å²) in [4.78, 5) is 9.91. The van der Waals surface area contributed by atoms with Gasteiger partial charge in [0.2, 0.25) is 0 Å². The number of carbonyl (C=O) groups is 1. The fraction of sp³-hybridized carbons (Fsp3) is 0.462. The number of aryl methyl sites for hydroxylation is 1. The Balaban J connectivity index is 0.000000288. The summed E-state index contributed by atoms with van der Waals surface area (Å²) in [5, 5.41) is 8.16. The highest BCUT2D eigenvalue weighted by Gasteiger charge is 1.94. The van der Waals surface area contributed by atoms with Crippen LogP contribution in [0.2, 0.25) is 0 Å². The summed E-state index contributed by atoms with van der Waals surface area (Å²) >= 11 is 0. The lowest BCUT2D eigenvalue weighted by Gasteiger charge is -1.96. The zero-order valence-electron chi connectivity index (χ0n) is 9.98. The van der Waals surface area contributed by atoms with Crippen molar-refractivity contribution >= 4 is 5.97 Å². The lowest BCUT2D eigenvalue weighted by Crippen LogP contribution is -1.99. The Labute approximate surface area is 97.1 Å². The van der Waals surface area contributed by atoms with Gasteiger partial charge in [0.15, 0.2) is 0 Å². The molecule has 0 heterocycles. The van der Waals surface area contributed by atoms with Crippen molar-refractivity contribution in [2.75, 3.05) is 13.2 Å². The molecule has 1 rings (SSSR count). The first-order valence-electron chi connectivity index (χ1n) is 5.48. The minimum absolute atomic E-state index is 0.208. The van der Waals surface area contributed by atoms with Gasteiger partial charge < -0.3 is 9.84 Å². The molecule has 0 spiro atoms. The van der Waals surface area contributed by atoms with E-state index < -0.39 is 5.97 Å². The van der Waals surface area contributed by atoms with Crippen molar-refractivity contribution in [1.82, 2.24) is 0 Å². The zero-order valence-corrected chi connectivity index (χ0v) is 9.98. The Hall–Kier alpha value is -1.35. The van der Waals surface area contributed by atoms with Gasteiger partial charge in [0.05, 0.1) is 0 Å². The van der Waals surface area contributed by atoms with E-state index in [1.165, 1.54) is 5.56 Å². The second-order valence-electron chi connectivity index (χ2n) is 3.35. The van der Waals surface area contributed by atoms with Gasteiger partial charge in [-0.25, -0.2) is 0 Å². The van der Waals surface area contributed by atoms with Gasteiger partial charge in [0.1, 0.15) is 0 Å². The molecule has 3 heteroatoms. The molecular weight excluding hydrogens is 204 g/mol. The van der Waals surface area contributed by atoms with E-state index in [-0.39, 0.29) is 6.42 Å². The maximum absolute atomic E-state index is 9.91. The summed E-state index contributed by atoms with van der Waals surface area (Å²) in [7, 11) is 0. The fourth-order valence-corrected chi connectivity index (χ4v) is 1.00. The Morgan fingerprint density at radius 3 is 2.31 bits per heavy atom. The number of benzene rings is 1. The molecule has 90 valence electrons. The summed E-state index contributed by atoms with van der Waals surface area (Å²) < 4.78 is 4.92. The molecule has 1 aromatic carbocycles. The second kappa shape index (κ2) is 10.2. The van der Waals surface area contributed by atoms with E-state index in [1.807, 2.05) is 25.1 Å². The van der Waals surface area contributed by atoms with Crippen LogP contribution >= 0.6 is 0 Å². The lowest BCUT2D eigenvalue weighted by atomic mass is 10.2. The van der Waals surface area contributed by atoms with Crippen molar-refractivity contribution in [3.05, 3.63) is 35.9 Å². The van der Waals surface area contributed by atoms with Crippen LogP contribution in [-0.2, 0) is 9.53 Å². The molecule has 0 aliphatic rings. The van der Waals surface area contributed by atoms with E-state index in [9.17, 15) is 4.79 Å². The smallest absolute Gasteiger partial charge is 0.303 e. The van der Waals surface area contributed by atoms with Crippen LogP contribution in [0, 0.1) is 6.92 Å². The van der Waals surface area contributed by atoms with Crippen LogP contribution in [0.1, 0.15) is 25.3 Å². The first-order valence-corrected chi connectivity index (χ1v) is 5.48. The van der Waals surface area contributed by atoms with Crippen molar-refractivity contribution in [2.45, 2.75) is 26.7 Å². The normalized spacial score (nSPS) is 9.12. The van der Waals surface area contributed by atoms with Crippen LogP contribution in [0.25, 0.3) is 0 Å². The average molecular weight is 224 g/mol. The number of ether oxygens (including phenoxy) is 1. The molecule has 0 radical (unpaired) electrons. The molecule has 0 unspecified atom stereocenters. The van der Waals surface area contributed by atoms with Crippen LogP contribution in [0.15, 0.2) is 30.3 Å². The highest BCUT2D eigenvalue weighted by Crippen LogP contribution is 1.92. The van der Waals surface area contributed by atoms with Gasteiger partial charge >= 0.3 is 5.97 Å². The highest BCUT2D eigenvalue weighted by molar-refractivity contribution is 5.66. The van der Waals surface area contributed by atoms with Crippen LogP contribution < -0.4 is 0 Å². The van der Waals surface area contributed by atoms with Gasteiger partial charge in [-0.2, -0.15) is 0 Å². The van der Waals surface area contributed by atoms with Crippen molar-refractivity contribution in [3.63, 3.8) is 0 Å². The molecule has 0 saturated carbocycles. The standard InChI is InChI=1S/C7H8.C6H12O3/c1-7-5-3-2-4-6-7;1-2-9-5-3-4-6(7)8/h2-6H,1H3;2-5H2,1H3,(H,7,8). The number of aliphatic carboxylic acids is 1. The average Bonchev–Trinajstić information content (AvgIpc) is 2.26. The molecule has 0 fully saturated rings. The number of rotatable bonds is 5. The highest BCUT2D eigenvalue weighted by atomic mass is 16.5. The van der Waals surface area contributed by atoms with Crippen LogP contribution in [0.4, 0.5) is 0 Å². The molecule has 0 amide bonds. The SMILES string of the molecule is CCOCCCC(=O)O.Cc1ccccc1. The second-order valence-corrected chi connectivity index (χ2v) is 3.35. The molecule has 1 aromatic rings. The quantitative estimate of drug-likeness (QED) is 0.782. The third-order valence-electron chi connectivity index (χ3n) is 1.82. The number of carboxylic acid groups (broad SMARTS) is 1. The van der Waals surface area contributed by atoms with Gasteiger partial charge in [0, 0.05) is 19.6 Å². The van der Waals surface area contributed by atoms with Gasteiger partial charge in [-0.1, -0.05) is 35.9 Å². The Morgan fingerprint density at radius 1 is 1.31 bits per heavy atom. The zero-order chi connectivity index (χ0) is 12.2. The minimum atomic E-state index is -0.755. The Bertz CT molecular complexity index is 270. The monoisotopic (exact) mass is 224 g/mol. The van der Waals surface area contributed by atoms with Crippen LogP contribution in [0.5, 0.6) is 0 Å². The van der Waals surface area contributed by atoms with E-state index in [2.05, 4.69) is 19.1 Å². The van der Waals surface area contributed by atoms with Crippen molar-refractivity contribution in [3.8, 4) is 0 Å². The largest absolute Gasteiger partial charge is 0.481 e. The molecule has 1 N–H and O–H groups in total. The molecule has 3 nitrogen and oxygen atoms in total. The third kappa shape index (κ3) is 10.7. The van der Waals surface area contributed by atoms with E-state index in [0.29, 0.717) is 19.6 Å². The van der Waals surface area contributed by atoms with Crippen molar-refractivity contribution in [2.24, 2.45) is 0 Å². The molecular formula is C13H20O3. The van der Waals surface area contributed by atoms with E-state index in [0.717, 1.165) is 0 Å². The third-order valence-corrected chi connectivity index (χ3v) is 1.82. The molecule has 0 saturated heterocycles. The van der Waals surface area contributed by atoms with Crippen LogP contribution in [0.3, 0.4) is 0 Å². The first kappa shape index (κ1) is 14.6. The lowest BCUT2D eigenvalue weighted by molar-refractivity contribution is -0.137. The summed E-state index contributed by atoms with van der Waals surface area (Å²) in [5.74, 6) is -0.755. The van der Waals surface area contributed by atoms with Gasteiger partial charge in [-0.15, -0.1) is 0 Å². The summed E-state index contributed by atoms with van der Waals surface area (Å²) in [6.45, 7) is 5.20. The number of carboxylic acids is 1. The van der Waals surface area contributed by atoms with Gasteiger partial charge in [0.25, 0.3) is 0 Å². The van der Waals surface area contributed by atoms with Gasteiger partial charge in [-0.3, -0.25) is 4.79 Å². The molecule has 0 atom stereocenters. The Kier molecular flexibility index (Phi) is 9.32.